The van der Waals surface area contributed by atoms with Crippen molar-refractivity contribution in [1.82, 2.24) is 15.5 Å². The standard InChI is InChI=1S/C26H29N3O6/c30-23-12-11-22(24(31)28-23)29-16-19-15-20(9-10-21(19)25(29)32)34-14-6-2-5-13-27-26(33)35-17-18-7-3-1-4-8-18/h1,3-4,7-10,15,22H,2,5-6,11-14,16-17H2,(H,27,33)(H,28,30,31). The number of piperidine rings is 1. The van der Waals surface area contributed by atoms with E-state index in [-0.39, 0.29) is 24.8 Å². The number of nitrogens with zero attached hydrogens (tertiary/aromatic N) is 1. The Bertz CT molecular complexity index is 1090. The number of carbonyl (C=O) groups excluding carboxylic acids is 4. The number of unbranched alkanes of at least 4 members (excludes halogenated alkanes) is 2. The summed E-state index contributed by atoms with van der Waals surface area (Å²) < 4.78 is 11.0. The highest BCUT2D eigenvalue weighted by Crippen LogP contribution is 2.30. The minimum Gasteiger partial charge on any atom is -0.494 e. The summed E-state index contributed by atoms with van der Waals surface area (Å²) in [5.74, 6) is -0.247. The van der Waals surface area contributed by atoms with Gasteiger partial charge in [-0.1, -0.05) is 30.3 Å². The summed E-state index contributed by atoms with van der Waals surface area (Å²) in [6, 6.07) is 14.2. The third-order valence-corrected chi connectivity index (χ3v) is 6.07. The van der Waals surface area contributed by atoms with Crippen molar-refractivity contribution in [1.29, 1.82) is 0 Å². The van der Waals surface area contributed by atoms with E-state index in [2.05, 4.69) is 10.6 Å². The molecule has 9 heteroatoms. The minimum absolute atomic E-state index is 0.198. The van der Waals surface area contributed by atoms with Gasteiger partial charge in [-0.25, -0.2) is 4.79 Å². The average Bonchev–Trinajstić information content (AvgIpc) is 3.18. The molecule has 2 heterocycles. The molecule has 184 valence electrons. The molecule has 0 saturated carbocycles. The quantitative estimate of drug-likeness (QED) is 0.400. The SMILES string of the molecule is O=C1CCC(N2Cc3cc(OCCCCCNC(=O)OCc4ccccc4)ccc3C2=O)C(=O)N1. The molecule has 9 nitrogen and oxygen atoms in total. The zero-order chi connectivity index (χ0) is 24.6. The van der Waals surface area contributed by atoms with E-state index in [0.717, 1.165) is 30.4 Å². The van der Waals surface area contributed by atoms with Gasteiger partial charge in [0.15, 0.2) is 0 Å². The van der Waals surface area contributed by atoms with Gasteiger partial charge in [0.05, 0.1) is 6.61 Å². The number of ether oxygens (including phenoxy) is 2. The number of hydrogen-bond acceptors (Lipinski definition) is 6. The van der Waals surface area contributed by atoms with Crippen LogP contribution in [0.5, 0.6) is 5.75 Å². The number of carbonyl (C=O) groups is 4. The number of amides is 4. The van der Waals surface area contributed by atoms with E-state index in [4.69, 9.17) is 9.47 Å². The Morgan fingerprint density at radius 3 is 2.69 bits per heavy atom. The number of nitrogens with one attached hydrogen (secondary N) is 2. The van der Waals surface area contributed by atoms with Gasteiger partial charge in [-0.2, -0.15) is 0 Å². The molecule has 2 aliphatic heterocycles. The van der Waals surface area contributed by atoms with Gasteiger partial charge in [-0.15, -0.1) is 0 Å². The second-order valence-corrected chi connectivity index (χ2v) is 8.62. The molecule has 0 aliphatic carbocycles. The van der Waals surface area contributed by atoms with Crippen molar-refractivity contribution in [3.05, 3.63) is 65.2 Å². The van der Waals surface area contributed by atoms with E-state index in [0.29, 0.717) is 37.4 Å². The van der Waals surface area contributed by atoms with Crippen LogP contribution in [0, 0.1) is 0 Å². The van der Waals surface area contributed by atoms with Crippen LogP contribution in [0.15, 0.2) is 48.5 Å². The molecule has 4 rings (SSSR count). The van der Waals surface area contributed by atoms with Crippen molar-refractivity contribution in [3.8, 4) is 5.75 Å². The molecule has 0 aromatic heterocycles. The first-order valence-electron chi connectivity index (χ1n) is 11.9. The first-order valence-corrected chi connectivity index (χ1v) is 11.9. The summed E-state index contributed by atoms with van der Waals surface area (Å²) in [4.78, 5) is 49.5. The lowest BCUT2D eigenvalue weighted by Crippen LogP contribution is -2.52. The van der Waals surface area contributed by atoms with E-state index in [1.807, 2.05) is 36.4 Å². The predicted octanol–water partition coefficient (Wildman–Crippen LogP) is 2.92. The first-order chi connectivity index (χ1) is 17.0. The van der Waals surface area contributed by atoms with Crippen LogP contribution in [0.2, 0.25) is 0 Å². The van der Waals surface area contributed by atoms with Crippen LogP contribution in [0.25, 0.3) is 0 Å². The molecule has 1 atom stereocenters. The summed E-state index contributed by atoms with van der Waals surface area (Å²) in [7, 11) is 0. The van der Waals surface area contributed by atoms with E-state index in [9.17, 15) is 19.2 Å². The molecule has 0 bridgehead atoms. The van der Waals surface area contributed by atoms with Gasteiger partial charge < -0.3 is 19.7 Å². The summed E-state index contributed by atoms with van der Waals surface area (Å²) >= 11 is 0. The summed E-state index contributed by atoms with van der Waals surface area (Å²) in [5, 5.41) is 5.05. The maximum absolute atomic E-state index is 12.7. The number of alkyl carbamates (subject to hydrolysis) is 1. The highest BCUT2D eigenvalue weighted by atomic mass is 16.5. The minimum atomic E-state index is -0.624. The van der Waals surface area contributed by atoms with Crippen molar-refractivity contribution in [2.75, 3.05) is 13.2 Å². The number of benzene rings is 2. The van der Waals surface area contributed by atoms with Gasteiger partial charge in [-0.3, -0.25) is 19.7 Å². The fourth-order valence-electron chi connectivity index (χ4n) is 4.20. The molecule has 35 heavy (non-hydrogen) atoms. The fourth-order valence-corrected chi connectivity index (χ4v) is 4.20. The molecule has 1 fully saturated rings. The molecule has 2 aliphatic rings. The molecular formula is C26H29N3O6. The van der Waals surface area contributed by atoms with Gasteiger partial charge in [-0.05, 0) is 55.0 Å². The van der Waals surface area contributed by atoms with Crippen molar-refractivity contribution in [3.63, 3.8) is 0 Å². The van der Waals surface area contributed by atoms with Crippen LogP contribution in [0.4, 0.5) is 4.79 Å². The van der Waals surface area contributed by atoms with Crippen LogP contribution in [0.3, 0.4) is 0 Å². The molecular weight excluding hydrogens is 450 g/mol. The average molecular weight is 480 g/mol. The van der Waals surface area contributed by atoms with E-state index in [1.54, 1.807) is 12.1 Å². The lowest BCUT2D eigenvalue weighted by Gasteiger charge is -2.29. The zero-order valence-electron chi connectivity index (χ0n) is 19.5. The predicted molar refractivity (Wildman–Crippen MR) is 126 cm³/mol. The molecule has 1 saturated heterocycles. The topological polar surface area (TPSA) is 114 Å². The van der Waals surface area contributed by atoms with Gasteiger partial charge in [0, 0.05) is 25.1 Å². The lowest BCUT2D eigenvalue weighted by molar-refractivity contribution is -0.136. The largest absolute Gasteiger partial charge is 0.494 e. The van der Waals surface area contributed by atoms with Crippen molar-refractivity contribution >= 4 is 23.8 Å². The molecule has 4 amide bonds. The monoisotopic (exact) mass is 479 g/mol. The highest BCUT2D eigenvalue weighted by Gasteiger charge is 2.39. The summed E-state index contributed by atoms with van der Waals surface area (Å²) in [5.41, 5.74) is 2.32. The fraction of sp³-hybridized carbons (Fsp3) is 0.385. The molecule has 2 N–H and O–H groups in total. The zero-order valence-corrected chi connectivity index (χ0v) is 19.5. The molecule has 0 radical (unpaired) electrons. The normalized spacial score (nSPS) is 17.1. The van der Waals surface area contributed by atoms with Crippen molar-refractivity contribution < 1.29 is 28.7 Å². The van der Waals surface area contributed by atoms with Crippen LogP contribution in [-0.2, 0) is 27.5 Å². The Balaban J connectivity index is 1.13. The summed E-state index contributed by atoms with van der Waals surface area (Å²) in [6.07, 6.45) is 2.65. The van der Waals surface area contributed by atoms with E-state index in [1.165, 1.54) is 4.90 Å². The maximum Gasteiger partial charge on any atom is 0.407 e. The number of imide groups is 1. The molecule has 0 spiro atoms. The van der Waals surface area contributed by atoms with Crippen LogP contribution in [0.1, 0.15) is 53.6 Å². The second-order valence-electron chi connectivity index (χ2n) is 8.62. The maximum atomic E-state index is 12.7. The molecule has 2 aromatic rings. The Morgan fingerprint density at radius 1 is 1.06 bits per heavy atom. The third-order valence-electron chi connectivity index (χ3n) is 6.07. The Hall–Kier alpha value is -3.88. The van der Waals surface area contributed by atoms with Crippen LogP contribution in [-0.4, -0.2) is 47.9 Å². The van der Waals surface area contributed by atoms with Gasteiger partial charge >= 0.3 is 6.09 Å². The second kappa shape index (κ2) is 11.5. The highest BCUT2D eigenvalue weighted by molar-refractivity contribution is 6.05. The Labute approximate surface area is 203 Å². The van der Waals surface area contributed by atoms with Crippen molar-refractivity contribution in [2.45, 2.75) is 51.3 Å². The number of rotatable bonds is 10. The van der Waals surface area contributed by atoms with Gasteiger partial charge in [0.25, 0.3) is 5.91 Å². The Morgan fingerprint density at radius 2 is 1.89 bits per heavy atom. The van der Waals surface area contributed by atoms with Gasteiger partial charge in [0.2, 0.25) is 11.8 Å². The molecule has 2 aromatic carbocycles. The lowest BCUT2D eigenvalue weighted by atomic mass is 10.0. The third kappa shape index (κ3) is 6.38. The van der Waals surface area contributed by atoms with Crippen molar-refractivity contribution in [2.24, 2.45) is 0 Å². The Kier molecular flexibility index (Phi) is 7.97. The molecule has 1 unspecified atom stereocenters. The van der Waals surface area contributed by atoms with E-state index < -0.39 is 18.0 Å². The van der Waals surface area contributed by atoms with Crippen LogP contribution >= 0.6 is 0 Å². The van der Waals surface area contributed by atoms with E-state index >= 15 is 0 Å². The first kappa shape index (κ1) is 24.3. The number of hydrogen-bond donors (Lipinski definition) is 2. The smallest absolute Gasteiger partial charge is 0.407 e. The number of fused-ring (bicyclic) bond motifs is 1. The van der Waals surface area contributed by atoms with Gasteiger partial charge in [0.1, 0.15) is 18.4 Å². The van der Waals surface area contributed by atoms with Crippen LogP contribution < -0.4 is 15.4 Å². The summed E-state index contributed by atoms with van der Waals surface area (Å²) in [6.45, 7) is 1.62.